The van der Waals surface area contributed by atoms with E-state index in [4.69, 9.17) is 11.6 Å². The molecule has 0 saturated carbocycles. The SMILES string of the molecule is O=C(CSc1ncc(C(F)(F)F)cc1Cl)Nc1cccc2nsnc12. The van der Waals surface area contributed by atoms with Gasteiger partial charge in [-0.3, -0.25) is 4.79 Å². The average molecular weight is 405 g/mol. The van der Waals surface area contributed by atoms with Crippen molar-refractivity contribution in [2.75, 3.05) is 11.1 Å². The van der Waals surface area contributed by atoms with E-state index in [1.54, 1.807) is 18.2 Å². The number of pyridine rings is 1. The molecular formula is C14H8ClF3N4OS2. The van der Waals surface area contributed by atoms with Crippen LogP contribution in [0, 0.1) is 0 Å². The topological polar surface area (TPSA) is 67.8 Å². The number of anilines is 1. The molecule has 0 fully saturated rings. The third kappa shape index (κ3) is 4.20. The highest BCUT2D eigenvalue weighted by Crippen LogP contribution is 2.33. The van der Waals surface area contributed by atoms with Crippen molar-refractivity contribution in [3.8, 4) is 0 Å². The second kappa shape index (κ2) is 7.14. The Kier molecular flexibility index (Phi) is 5.11. The van der Waals surface area contributed by atoms with E-state index in [-0.39, 0.29) is 21.7 Å². The van der Waals surface area contributed by atoms with Gasteiger partial charge in [-0.2, -0.15) is 21.9 Å². The fourth-order valence-corrected chi connectivity index (χ4v) is 3.46. The summed E-state index contributed by atoms with van der Waals surface area (Å²) >= 11 is 7.79. The predicted molar refractivity (Wildman–Crippen MR) is 91.0 cm³/mol. The molecule has 11 heteroatoms. The zero-order chi connectivity index (χ0) is 18.0. The number of aromatic nitrogens is 3. The van der Waals surface area contributed by atoms with E-state index < -0.39 is 11.7 Å². The lowest BCUT2D eigenvalue weighted by Crippen LogP contribution is -2.14. The third-order valence-corrected chi connectivity index (χ3v) is 4.98. The summed E-state index contributed by atoms with van der Waals surface area (Å²) in [7, 11) is 0. The number of hydrogen-bond acceptors (Lipinski definition) is 6. The maximum Gasteiger partial charge on any atom is 0.417 e. The molecule has 130 valence electrons. The second-order valence-corrected chi connectivity index (χ2v) is 6.68. The van der Waals surface area contributed by atoms with Gasteiger partial charge in [0, 0.05) is 6.20 Å². The zero-order valence-electron chi connectivity index (χ0n) is 12.2. The van der Waals surface area contributed by atoms with Crippen molar-refractivity contribution < 1.29 is 18.0 Å². The standard InChI is InChI=1S/C14H8ClF3N4OS2/c15-8-4-7(14(16,17)18)5-19-13(8)24-6-11(23)20-9-2-1-3-10-12(9)22-25-21-10/h1-5H,6H2,(H,20,23). The van der Waals surface area contributed by atoms with Gasteiger partial charge in [-0.25, -0.2) is 4.98 Å². The molecule has 25 heavy (non-hydrogen) atoms. The number of nitrogens with one attached hydrogen (secondary N) is 1. The summed E-state index contributed by atoms with van der Waals surface area (Å²) in [6.07, 6.45) is -3.83. The van der Waals surface area contributed by atoms with E-state index in [1.165, 1.54) is 0 Å². The molecule has 0 saturated heterocycles. The normalized spacial score (nSPS) is 11.7. The van der Waals surface area contributed by atoms with E-state index in [2.05, 4.69) is 19.0 Å². The number of benzene rings is 1. The summed E-state index contributed by atoms with van der Waals surface area (Å²) in [5, 5.41) is 2.69. The number of carbonyl (C=O) groups excluding carboxylic acids is 1. The number of hydrogen-bond donors (Lipinski definition) is 1. The van der Waals surface area contributed by atoms with Gasteiger partial charge in [0.2, 0.25) is 5.91 Å². The maximum atomic E-state index is 12.6. The minimum absolute atomic E-state index is 0.0635. The van der Waals surface area contributed by atoms with Gasteiger partial charge in [0.15, 0.2) is 0 Å². The van der Waals surface area contributed by atoms with E-state index in [1.807, 2.05) is 0 Å². The van der Waals surface area contributed by atoms with Gasteiger partial charge in [-0.15, -0.1) is 0 Å². The smallest absolute Gasteiger partial charge is 0.323 e. The van der Waals surface area contributed by atoms with Crippen LogP contribution in [-0.2, 0) is 11.0 Å². The third-order valence-electron chi connectivity index (χ3n) is 3.03. The highest BCUT2D eigenvalue weighted by molar-refractivity contribution is 8.00. The summed E-state index contributed by atoms with van der Waals surface area (Å²) < 4.78 is 45.9. The molecule has 1 aromatic carbocycles. The Morgan fingerprint density at radius 2 is 2.12 bits per heavy atom. The first-order chi connectivity index (χ1) is 11.8. The van der Waals surface area contributed by atoms with Crippen LogP contribution >= 0.6 is 35.1 Å². The van der Waals surface area contributed by atoms with Gasteiger partial charge in [-0.05, 0) is 18.2 Å². The lowest BCUT2D eigenvalue weighted by Gasteiger charge is -2.09. The molecule has 2 heterocycles. The Labute approximate surface area is 152 Å². The number of amides is 1. The van der Waals surface area contributed by atoms with E-state index in [9.17, 15) is 18.0 Å². The summed E-state index contributed by atoms with van der Waals surface area (Å²) in [5.41, 5.74) is 0.830. The average Bonchev–Trinajstić information content (AvgIpc) is 3.02. The van der Waals surface area contributed by atoms with Crippen LogP contribution in [0.3, 0.4) is 0 Å². The van der Waals surface area contributed by atoms with Crippen LogP contribution in [0.1, 0.15) is 5.56 Å². The van der Waals surface area contributed by atoms with Crippen LogP contribution < -0.4 is 5.32 Å². The van der Waals surface area contributed by atoms with Crippen molar-refractivity contribution in [2.24, 2.45) is 0 Å². The van der Waals surface area contributed by atoms with Crippen LogP contribution in [0.2, 0.25) is 5.02 Å². The largest absolute Gasteiger partial charge is 0.417 e. The van der Waals surface area contributed by atoms with Crippen LogP contribution in [-0.4, -0.2) is 25.4 Å². The molecule has 2 aromatic heterocycles. The van der Waals surface area contributed by atoms with Crippen LogP contribution in [0.25, 0.3) is 11.0 Å². The quantitative estimate of drug-likeness (QED) is 0.649. The molecule has 0 aliphatic heterocycles. The van der Waals surface area contributed by atoms with Crippen LogP contribution in [0.15, 0.2) is 35.5 Å². The first kappa shape index (κ1) is 17.9. The van der Waals surface area contributed by atoms with Crippen molar-refractivity contribution in [3.05, 3.63) is 41.0 Å². The van der Waals surface area contributed by atoms with Gasteiger partial charge in [0.05, 0.1) is 33.8 Å². The molecule has 1 N–H and O–H groups in total. The molecule has 0 unspecified atom stereocenters. The number of carbonyl (C=O) groups is 1. The van der Waals surface area contributed by atoms with Gasteiger partial charge >= 0.3 is 6.18 Å². The first-order valence-electron chi connectivity index (χ1n) is 6.71. The molecule has 5 nitrogen and oxygen atoms in total. The minimum atomic E-state index is -4.52. The molecule has 0 aliphatic carbocycles. The summed E-state index contributed by atoms with van der Waals surface area (Å²) in [4.78, 5) is 15.7. The van der Waals surface area contributed by atoms with Crippen molar-refractivity contribution >= 4 is 57.7 Å². The Hall–Kier alpha value is -1.91. The van der Waals surface area contributed by atoms with E-state index in [0.29, 0.717) is 22.9 Å². The number of nitrogens with zero attached hydrogens (tertiary/aromatic N) is 3. The molecular weight excluding hydrogens is 397 g/mol. The van der Waals surface area contributed by atoms with Gasteiger partial charge < -0.3 is 5.32 Å². The highest BCUT2D eigenvalue weighted by Gasteiger charge is 2.31. The van der Waals surface area contributed by atoms with Gasteiger partial charge in [0.25, 0.3) is 0 Å². The van der Waals surface area contributed by atoms with Gasteiger partial charge in [0.1, 0.15) is 16.1 Å². The maximum absolute atomic E-state index is 12.6. The molecule has 3 aromatic rings. The fraction of sp³-hybridized carbons (Fsp3) is 0.143. The Bertz CT molecular complexity index is 932. The van der Waals surface area contributed by atoms with Crippen molar-refractivity contribution in [3.63, 3.8) is 0 Å². The highest BCUT2D eigenvalue weighted by atomic mass is 35.5. The number of rotatable bonds is 4. The Morgan fingerprint density at radius 3 is 2.84 bits per heavy atom. The Balaban J connectivity index is 1.66. The number of fused-ring (bicyclic) bond motifs is 1. The molecule has 0 bridgehead atoms. The number of thioether (sulfide) groups is 1. The molecule has 0 atom stereocenters. The minimum Gasteiger partial charge on any atom is -0.323 e. The first-order valence-corrected chi connectivity index (χ1v) is 8.80. The molecule has 3 rings (SSSR count). The summed E-state index contributed by atoms with van der Waals surface area (Å²) in [6.45, 7) is 0. The summed E-state index contributed by atoms with van der Waals surface area (Å²) in [6, 6.07) is 5.99. The fourth-order valence-electron chi connectivity index (χ4n) is 1.91. The monoisotopic (exact) mass is 404 g/mol. The summed E-state index contributed by atoms with van der Waals surface area (Å²) in [5.74, 6) is -0.422. The number of halogens is 4. The lowest BCUT2D eigenvalue weighted by molar-refractivity contribution is -0.137. The van der Waals surface area contributed by atoms with Crippen LogP contribution in [0.4, 0.5) is 18.9 Å². The van der Waals surface area contributed by atoms with Crippen molar-refractivity contribution in [2.45, 2.75) is 11.2 Å². The number of alkyl halides is 3. The zero-order valence-corrected chi connectivity index (χ0v) is 14.6. The van der Waals surface area contributed by atoms with Crippen molar-refractivity contribution in [1.82, 2.24) is 13.7 Å². The lowest BCUT2D eigenvalue weighted by atomic mass is 10.2. The predicted octanol–water partition coefficient (Wildman–Crippen LogP) is 4.49. The van der Waals surface area contributed by atoms with Crippen molar-refractivity contribution in [1.29, 1.82) is 0 Å². The van der Waals surface area contributed by atoms with E-state index >= 15 is 0 Å². The van der Waals surface area contributed by atoms with E-state index in [0.717, 1.165) is 29.6 Å². The van der Waals surface area contributed by atoms with Crippen LogP contribution in [0.5, 0.6) is 0 Å². The molecule has 0 radical (unpaired) electrons. The molecule has 0 aliphatic rings. The van der Waals surface area contributed by atoms with Gasteiger partial charge in [-0.1, -0.05) is 29.4 Å². The molecule has 1 amide bonds. The molecule has 0 spiro atoms. The second-order valence-electron chi connectivity index (χ2n) is 4.78. The Morgan fingerprint density at radius 1 is 1.32 bits per heavy atom.